The smallest absolute Gasteiger partial charge is 0.407 e. The molecule has 2 aliphatic rings. The van der Waals surface area contributed by atoms with Gasteiger partial charge in [0, 0.05) is 17.9 Å². The molecule has 3 N–H and O–H groups in total. The fraction of sp³-hybridized carbons (Fsp3) is 0.423. The zero-order valence-corrected chi connectivity index (χ0v) is 18.8. The van der Waals surface area contributed by atoms with Crippen molar-refractivity contribution in [3.63, 3.8) is 0 Å². The molecule has 1 saturated carbocycles. The van der Waals surface area contributed by atoms with Crippen molar-refractivity contribution in [2.45, 2.75) is 62.9 Å². The second-order valence-corrected chi connectivity index (χ2v) is 8.97. The van der Waals surface area contributed by atoms with Crippen LogP contribution in [-0.4, -0.2) is 41.3 Å². The third-order valence-electron chi connectivity index (χ3n) is 6.57. The number of aliphatic carboxylic acids is 1. The molecule has 0 saturated heterocycles. The number of carbonyl (C=O) groups is 3. The number of fused-ring (bicyclic) bond motifs is 3. The predicted octanol–water partition coefficient (Wildman–Crippen LogP) is 4.21. The normalized spacial score (nSPS) is 16.3. The maximum Gasteiger partial charge on any atom is 0.407 e. The highest BCUT2D eigenvalue weighted by atomic mass is 16.5. The highest BCUT2D eigenvalue weighted by molar-refractivity contribution is 5.87. The van der Waals surface area contributed by atoms with E-state index in [0.717, 1.165) is 47.9 Å². The molecule has 0 aliphatic heterocycles. The Kier molecular flexibility index (Phi) is 6.67. The van der Waals surface area contributed by atoms with E-state index in [-0.39, 0.29) is 36.8 Å². The number of nitrogens with one attached hydrogen (secondary N) is 2. The van der Waals surface area contributed by atoms with Crippen molar-refractivity contribution in [2.75, 3.05) is 6.61 Å². The lowest BCUT2D eigenvalue weighted by Crippen LogP contribution is -2.51. The van der Waals surface area contributed by atoms with Gasteiger partial charge in [-0.2, -0.15) is 0 Å². The number of carboxylic acids is 1. The third-order valence-corrected chi connectivity index (χ3v) is 6.57. The Morgan fingerprint density at radius 3 is 2.21 bits per heavy atom. The van der Waals surface area contributed by atoms with Gasteiger partial charge in [-0.3, -0.25) is 9.59 Å². The molecule has 0 spiro atoms. The zero-order valence-electron chi connectivity index (χ0n) is 18.8. The Bertz CT molecular complexity index is 1000. The van der Waals surface area contributed by atoms with Crippen molar-refractivity contribution in [2.24, 2.45) is 0 Å². The number of carbonyl (C=O) groups excluding carboxylic acids is 2. The van der Waals surface area contributed by atoms with E-state index < -0.39 is 18.1 Å². The SMILES string of the molecule is CCCC1(NC(=O)C(CCC(=O)O)NC(=O)OCC2c3ccccc3-c3ccccc32)CC1. The number of carboxylic acid groups (broad SMARTS) is 1. The van der Waals surface area contributed by atoms with Gasteiger partial charge in [0.05, 0.1) is 0 Å². The number of alkyl carbamates (subject to hydrolysis) is 1. The molecule has 7 heteroatoms. The van der Waals surface area contributed by atoms with Crippen molar-refractivity contribution in [1.82, 2.24) is 10.6 Å². The lowest BCUT2D eigenvalue weighted by atomic mass is 9.98. The minimum atomic E-state index is -1.02. The number of benzene rings is 2. The molecule has 2 aliphatic carbocycles. The Labute approximate surface area is 193 Å². The summed E-state index contributed by atoms with van der Waals surface area (Å²) in [5, 5.41) is 14.7. The second kappa shape index (κ2) is 9.65. The van der Waals surface area contributed by atoms with Gasteiger partial charge in [0.15, 0.2) is 0 Å². The summed E-state index contributed by atoms with van der Waals surface area (Å²) in [6.07, 6.45) is 2.69. The van der Waals surface area contributed by atoms with Gasteiger partial charge < -0.3 is 20.5 Å². The van der Waals surface area contributed by atoms with Gasteiger partial charge in [-0.25, -0.2) is 4.79 Å². The van der Waals surface area contributed by atoms with E-state index in [1.54, 1.807) is 0 Å². The summed E-state index contributed by atoms with van der Waals surface area (Å²) < 4.78 is 5.54. The molecule has 7 nitrogen and oxygen atoms in total. The highest BCUT2D eigenvalue weighted by Gasteiger charge is 2.44. The molecular formula is C26H30N2O5. The fourth-order valence-electron chi connectivity index (χ4n) is 4.73. The van der Waals surface area contributed by atoms with E-state index in [1.807, 2.05) is 36.4 Å². The van der Waals surface area contributed by atoms with Gasteiger partial charge in [0.25, 0.3) is 0 Å². The molecule has 2 amide bonds. The minimum Gasteiger partial charge on any atom is -0.481 e. The van der Waals surface area contributed by atoms with Crippen LogP contribution in [0.3, 0.4) is 0 Å². The Morgan fingerprint density at radius 2 is 1.67 bits per heavy atom. The van der Waals surface area contributed by atoms with Crippen molar-refractivity contribution >= 4 is 18.0 Å². The number of rotatable bonds is 10. The van der Waals surface area contributed by atoms with E-state index >= 15 is 0 Å². The molecule has 2 aromatic rings. The van der Waals surface area contributed by atoms with Crippen LogP contribution in [0.15, 0.2) is 48.5 Å². The molecule has 1 fully saturated rings. The average molecular weight is 451 g/mol. The molecule has 4 rings (SSSR count). The van der Waals surface area contributed by atoms with Crippen molar-refractivity contribution in [1.29, 1.82) is 0 Å². The number of hydrogen-bond donors (Lipinski definition) is 3. The molecule has 1 atom stereocenters. The summed E-state index contributed by atoms with van der Waals surface area (Å²) in [4.78, 5) is 36.5. The predicted molar refractivity (Wildman–Crippen MR) is 124 cm³/mol. The number of hydrogen-bond acceptors (Lipinski definition) is 4. The van der Waals surface area contributed by atoms with Gasteiger partial charge in [0.2, 0.25) is 5.91 Å². The first-order valence-corrected chi connectivity index (χ1v) is 11.6. The van der Waals surface area contributed by atoms with Crippen LogP contribution in [0.25, 0.3) is 11.1 Å². The standard InChI is InChI=1S/C26H30N2O5/c1-2-13-26(14-15-26)28-24(31)22(11-12-23(29)30)27-25(32)33-16-21-19-9-5-3-7-17(19)18-8-4-6-10-20(18)21/h3-10,21-22H,2,11-16H2,1H3,(H,27,32)(H,28,31)(H,29,30). The first-order chi connectivity index (χ1) is 15.9. The van der Waals surface area contributed by atoms with E-state index in [4.69, 9.17) is 9.84 Å². The first kappa shape index (κ1) is 22.8. The van der Waals surface area contributed by atoms with Gasteiger partial charge in [-0.15, -0.1) is 0 Å². The summed E-state index contributed by atoms with van der Waals surface area (Å²) in [7, 11) is 0. The van der Waals surface area contributed by atoms with E-state index in [0.29, 0.717) is 0 Å². The molecular weight excluding hydrogens is 420 g/mol. The molecule has 0 radical (unpaired) electrons. The molecule has 0 aromatic heterocycles. The summed E-state index contributed by atoms with van der Waals surface area (Å²) in [5.41, 5.74) is 4.25. The van der Waals surface area contributed by atoms with Crippen LogP contribution >= 0.6 is 0 Å². The summed E-state index contributed by atoms with van der Waals surface area (Å²) in [5.74, 6) is -1.46. The maximum atomic E-state index is 12.8. The summed E-state index contributed by atoms with van der Waals surface area (Å²) in [6, 6.07) is 15.1. The van der Waals surface area contributed by atoms with Gasteiger partial charge in [-0.05, 0) is 47.9 Å². The van der Waals surface area contributed by atoms with E-state index in [2.05, 4.69) is 29.7 Å². The molecule has 174 valence electrons. The van der Waals surface area contributed by atoms with Crippen LogP contribution in [0.1, 0.15) is 62.5 Å². The van der Waals surface area contributed by atoms with Crippen molar-refractivity contribution < 1.29 is 24.2 Å². The van der Waals surface area contributed by atoms with Crippen molar-refractivity contribution in [3.8, 4) is 11.1 Å². The quantitative estimate of drug-likeness (QED) is 0.503. The van der Waals surface area contributed by atoms with Gasteiger partial charge in [0.1, 0.15) is 12.6 Å². The van der Waals surface area contributed by atoms with Crippen LogP contribution in [0.2, 0.25) is 0 Å². The topological polar surface area (TPSA) is 105 Å². The second-order valence-electron chi connectivity index (χ2n) is 8.97. The highest BCUT2D eigenvalue weighted by Crippen LogP contribution is 2.44. The number of amides is 2. The van der Waals surface area contributed by atoms with E-state index in [1.165, 1.54) is 0 Å². The van der Waals surface area contributed by atoms with Crippen LogP contribution in [-0.2, 0) is 14.3 Å². The Balaban J connectivity index is 1.40. The largest absolute Gasteiger partial charge is 0.481 e. The third kappa shape index (κ3) is 5.18. The summed E-state index contributed by atoms with van der Waals surface area (Å²) >= 11 is 0. The molecule has 2 aromatic carbocycles. The maximum absolute atomic E-state index is 12.8. The first-order valence-electron chi connectivity index (χ1n) is 11.6. The average Bonchev–Trinajstić information content (AvgIpc) is 3.48. The van der Waals surface area contributed by atoms with Crippen molar-refractivity contribution in [3.05, 3.63) is 59.7 Å². The van der Waals surface area contributed by atoms with E-state index in [9.17, 15) is 14.4 Å². The lowest BCUT2D eigenvalue weighted by molar-refractivity contribution is -0.137. The Morgan fingerprint density at radius 1 is 1.06 bits per heavy atom. The minimum absolute atomic E-state index is 0.00751. The monoisotopic (exact) mass is 450 g/mol. The molecule has 0 bridgehead atoms. The lowest BCUT2D eigenvalue weighted by Gasteiger charge is -2.23. The fourth-order valence-corrected chi connectivity index (χ4v) is 4.73. The summed E-state index contributed by atoms with van der Waals surface area (Å²) in [6.45, 7) is 2.19. The Hall–Kier alpha value is -3.35. The van der Waals surface area contributed by atoms with Gasteiger partial charge >= 0.3 is 12.1 Å². The zero-order chi connectivity index (χ0) is 23.4. The van der Waals surface area contributed by atoms with Crippen LogP contribution in [0.4, 0.5) is 4.79 Å². The van der Waals surface area contributed by atoms with Crippen LogP contribution < -0.4 is 10.6 Å². The van der Waals surface area contributed by atoms with Gasteiger partial charge in [-0.1, -0.05) is 61.9 Å². The molecule has 0 heterocycles. The van der Waals surface area contributed by atoms with Crippen LogP contribution in [0.5, 0.6) is 0 Å². The molecule has 1 unspecified atom stereocenters. The molecule has 33 heavy (non-hydrogen) atoms. The number of ether oxygens (including phenoxy) is 1. The van der Waals surface area contributed by atoms with Crippen LogP contribution in [0, 0.1) is 0 Å².